The van der Waals surface area contributed by atoms with Crippen LogP contribution in [0.2, 0.25) is 0 Å². The van der Waals surface area contributed by atoms with Crippen LogP contribution in [0, 0.1) is 20.8 Å². The van der Waals surface area contributed by atoms with Gasteiger partial charge < -0.3 is 4.74 Å². The third-order valence-electron chi connectivity index (χ3n) is 4.95. The van der Waals surface area contributed by atoms with Gasteiger partial charge in [-0.1, -0.05) is 55.0 Å². The van der Waals surface area contributed by atoms with Gasteiger partial charge >= 0.3 is 0 Å². The van der Waals surface area contributed by atoms with Crippen LogP contribution >= 0.6 is 15.9 Å². The van der Waals surface area contributed by atoms with E-state index in [-0.39, 0.29) is 12.5 Å². The number of aryl methyl sites for hydroxylation is 2. The second kappa shape index (κ2) is 10.6. The first-order valence-corrected chi connectivity index (χ1v) is 10.7. The molecule has 148 valence electrons. The number of rotatable bonds is 10. The third kappa shape index (κ3) is 6.20. The minimum absolute atomic E-state index is 0.0130. The Kier molecular flexibility index (Phi) is 8.55. The fourth-order valence-corrected chi connectivity index (χ4v) is 3.81. The highest BCUT2D eigenvalue weighted by atomic mass is 79.9. The van der Waals surface area contributed by atoms with Crippen LogP contribution < -0.4 is 4.74 Å². The van der Waals surface area contributed by atoms with Gasteiger partial charge in [0.15, 0.2) is 6.61 Å². The molecule has 0 radical (unpaired) electrons. The van der Waals surface area contributed by atoms with Gasteiger partial charge in [-0.3, -0.25) is 4.79 Å². The van der Waals surface area contributed by atoms with Gasteiger partial charge in [0.2, 0.25) is 0 Å². The molecule has 0 aliphatic rings. The van der Waals surface area contributed by atoms with Crippen LogP contribution in [-0.4, -0.2) is 22.3 Å². The number of carbonyl (C=O) groups excluding carboxylic acids is 1. The number of benzene rings is 1. The zero-order chi connectivity index (χ0) is 19.8. The molecule has 0 fully saturated rings. The molecular formula is C22H31BrN2O2. The van der Waals surface area contributed by atoms with Crippen molar-refractivity contribution in [1.29, 1.82) is 0 Å². The standard InChI is InChI=1S/C22H31BrN2O2/c1-5-6-7-8-9-10-11-20-17(3)24-25(18(20)4)22(26)15-27-21-13-12-19(23)14-16(21)2/h12-14H,5-11,15H2,1-4H3. The van der Waals surface area contributed by atoms with Gasteiger partial charge in [-0.2, -0.15) is 5.10 Å². The summed E-state index contributed by atoms with van der Waals surface area (Å²) in [7, 11) is 0. The second-order valence-corrected chi connectivity index (χ2v) is 8.09. The summed E-state index contributed by atoms with van der Waals surface area (Å²) in [5.74, 6) is 0.590. The molecule has 0 aliphatic carbocycles. The molecule has 4 nitrogen and oxygen atoms in total. The largest absolute Gasteiger partial charge is 0.483 e. The van der Waals surface area contributed by atoms with E-state index >= 15 is 0 Å². The molecule has 0 spiro atoms. The predicted molar refractivity (Wildman–Crippen MR) is 114 cm³/mol. The van der Waals surface area contributed by atoms with Crippen molar-refractivity contribution in [2.45, 2.75) is 72.6 Å². The highest BCUT2D eigenvalue weighted by Gasteiger charge is 2.17. The molecule has 5 heteroatoms. The first-order valence-electron chi connectivity index (χ1n) is 9.91. The molecule has 2 rings (SSSR count). The van der Waals surface area contributed by atoms with Crippen molar-refractivity contribution in [1.82, 2.24) is 9.78 Å². The summed E-state index contributed by atoms with van der Waals surface area (Å²) >= 11 is 3.43. The van der Waals surface area contributed by atoms with E-state index in [1.165, 1.54) is 42.3 Å². The van der Waals surface area contributed by atoms with Gasteiger partial charge in [0, 0.05) is 10.2 Å². The Morgan fingerprint density at radius 3 is 2.52 bits per heavy atom. The lowest BCUT2D eigenvalue weighted by Gasteiger charge is -2.09. The Labute approximate surface area is 171 Å². The fourth-order valence-electron chi connectivity index (χ4n) is 3.34. The third-order valence-corrected chi connectivity index (χ3v) is 5.44. The van der Waals surface area contributed by atoms with Gasteiger partial charge in [0.25, 0.3) is 5.91 Å². The van der Waals surface area contributed by atoms with E-state index < -0.39 is 0 Å². The molecule has 1 aromatic heterocycles. The van der Waals surface area contributed by atoms with Crippen molar-refractivity contribution in [3.05, 3.63) is 45.2 Å². The first kappa shape index (κ1) is 21.7. The molecule has 0 aliphatic heterocycles. The molecule has 1 heterocycles. The van der Waals surface area contributed by atoms with Gasteiger partial charge in [-0.05, 0) is 62.9 Å². The SMILES string of the molecule is CCCCCCCCc1c(C)nn(C(=O)COc2ccc(Br)cc2C)c1C. The van der Waals surface area contributed by atoms with Gasteiger partial charge in [0.05, 0.1) is 5.69 Å². The molecule has 1 aromatic carbocycles. The molecule has 0 saturated carbocycles. The molecule has 0 unspecified atom stereocenters. The summed E-state index contributed by atoms with van der Waals surface area (Å²) in [5.41, 5.74) is 4.10. The summed E-state index contributed by atoms with van der Waals surface area (Å²) in [6.07, 6.45) is 8.59. The summed E-state index contributed by atoms with van der Waals surface area (Å²) in [6, 6.07) is 5.76. The maximum atomic E-state index is 12.6. The van der Waals surface area contributed by atoms with E-state index in [4.69, 9.17) is 4.74 Å². The Balaban J connectivity index is 1.92. The van der Waals surface area contributed by atoms with Crippen LogP contribution in [0.4, 0.5) is 0 Å². The van der Waals surface area contributed by atoms with Crippen LogP contribution in [0.15, 0.2) is 22.7 Å². The van der Waals surface area contributed by atoms with Gasteiger partial charge in [0.1, 0.15) is 5.75 Å². The molecular weight excluding hydrogens is 404 g/mol. The normalized spacial score (nSPS) is 11.0. The molecule has 0 saturated heterocycles. The van der Waals surface area contributed by atoms with E-state index in [0.29, 0.717) is 0 Å². The Morgan fingerprint density at radius 1 is 1.11 bits per heavy atom. The molecule has 2 aromatic rings. The van der Waals surface area contributed by atoms with Crippen LogP contribution in [0.5, 0.6) is 5.75 Å². The predicted octanol–water partition coefficient (Wildman–Crippen LogP) is 6.19. The van der Waals surface area contributed by atoms with Crippen LogP contribution in [-0.2, 0) is 6.42 Å². The van der Waals surface area contributed by atoms with Crippen molar-refractivity contribution in [2.24, 2.45) is 0 Å². The van der Waals surface area contributed by atoms with Crippen molar-refractivity contribution in [3.8, 4) is 5.75 Å². The number of halogens is 1. The Hall–Kier alpha value is -1.62. The lowest BCUT2D eigenvalue weighted by Crippen LogP contribution is -2.22. The average molecular weight is 435 g/mol. The smallest absolute Gasteiger partial charge is 0.284 e. The fraction of sp³-hybridized carbons (Fsp3) is 0.545. The zero-order valence-electron chi connectivity index (χ0n) is 17.0. The van der Waals surface area contributed by atoms with Crippen LogP contribution in [0.1, 0.15) is 72.8 Å². The highest BCUT2D eigenvalue weighted by molar-refractivity contribution is 9.10. The maximum Gasteiger partial charge on any atom is 0.284 e. The molecule has 27 heavy (non-hydrogen) atoms. The minimum Gasteiger partial charge on any atom is -0.483 e. The summed E-state index contributed by atoms with van der Waals surface area (Å²) in [5, 5.41) is 4.47. The van der Waals surface area contributed by atoms with Crippen LogP contribution in [0.25, 0.3) is 0 Å². The van der Waals surface area contributed by atoms with Crippen molar-refractivity contribution < 1.29 is 9.53 Å². The van der Waals surface area contributed by atoms with E-state index in [9.17, 15) is 4.79 Å². The molecule has 0 atom stereocenters. The quantitative estimate of drug-likeness (QED) is 0.418. The number of ether oxygens (including phenoxy) is 1. The van der Waals surface area contributed by atoms with E-state index in [1.54, 1.807) is 0 Å². The topological polar surface area (TPSA) is 44.1 Å². The van der Waals surface area contributed by atoms with Crippen molar-refractivity contribution in [3.63, 3.8) is 0 Å². The molecule has 0 amide bonds. The van der Waals surface area contributed by atoms with E-state index in [1.807, 2.05) is 39.0 Å². The summed E-state index contributed by atoms with van der Waals surface area (Å²) in [4.78, 5) is 12.6. The molecule has 0 bridgehead atoms. The highest BCUT2D eigenvalue weighted by Crippen LogP contribution is 2.22. The van der Waals surface area contributed by atoms with E-state index in [0.717, 1.165) is 40.0 Å². The Bertz CT molecular complexity index is 768. The molecule has 0 N–H and O–H groups in total. The van der Waals surface area contributed by atoms with Crippen molar-refractivity contribution in [2.75, 3.05) is 6.61 Å². The zero-order valence-corrected chi connectivity index (χ0v) is 18.6. The van der Waals surface area contributed by atoms with E-state index in [2.05, 4.69) is 28.0 Å². The second-order valence-electron chi connectivity index (χ2n) is 7.17. The minimum atomic E-state index is -0.132. The summed E-state index contributed by atoms with van der Waals surface area (Å²) in [6.45, 7) is 8.16. The number of carbonyl (C=O) groups is 1. The number of aromatic nitrogens is 2. The van der Waals surface area contributed by atoms with Gasteiger partial charge in [-0.15, -0.1) is 0 Å². The van der Waals surface area contributed by atoms with Crippen LogP contribution in [0.3, 0.4) is 0 Å². The summed E-state index contributed by atoms with van der Waals surface area (Å²) < 4.78 is 8.22. The van der Waals surface area contributed by atoms with Crippen molar-refractivity contribution >= 4 is 21.8 Å². The average Bonchev–Trinajstić information content (AvgIpc) is 2.91. The number of hydrogen-bond acceptors (Lipinski definition) is 3. The number of unbranched alkanes of at least 4 members (excludes halogenated alkanes) is 5. The number of nitrogens with zero attached hydrogens (tertiary/aromatic N) is 2. The lowest BCUT2D eigenvalue weighted by molar-refractivity contribution is 0.0817. The number of hydrogen-bond donors (Lipinski definition) is 0. The first-order chi connectivity index (χ1) is 12.9. The van der Waals surface area contributed by atoms with Gasteiger partial charge in [-0.25, -0.2) is 4.68 Å². The monoisotopic (exact) mass is 434 g/mol. The lowest BCUT2D eigenvalue weighted by atomic mass is 10.0. The Morgan fingerprint density at radius 2 is 1.81 bits per heavy atom. The maximum absolute atomic E-state index is 12.6.